The number of nitrogens with zero attached hydrogens (tertiary/aromatic N) is 1. The van der Waals surface area contributed by atoms with Gasteiger partial charge in [0.15, 0.2) is 5.37 Å². The molecule has 1 saturated heterocycles. The number of imide groups is 1. The van der Waals surface area contributed by atoms with E-state index in [2.05, 4.69) is 0 Å². The van der Waals surface area contributed by atoms with E-state index in [-0.39, 0.29) is 11.3 Å². The number of quaternary nitrogens is 1. The molecule has 11 heavy (non-hydrogen) atoms. The van der Waals surface area contributed by atoms with Gasteiger partial charge in [-0.3, -0.25) is 0 Å². The minimum atomic E-state index is -1.06. The van der Waals surface area contributed by atoms with Crippen molar-refractivity contribution < 1.29 is 19.2 Å². The van der Waals surface area contributed by atoms with Gasteiger partial charge in [-0.05, 0) is 0 Å². The lowest BCUT2D eigenvalue weighted by atomic mass is 10.1. The van der Waals surface area contributed by atoms with Crippen LogP contribution in [0.2, 0.25) is 0 Å². The lowest BCUT2D eigenvalue weighted by Gasteiger charge is -2.36. The van der Waals surface area contributed by atoms with Gasteiger partial charge in [-0.2, -0.15) is 4.79 Å². The average molecular weight is 172 g/mol. The summed E-state index contributed by atoms with van der Waals surface area (Å²) in [5.74, 6) is -0.219. The first-order valence-corrected chi connectivity index (χ1v) is 4.10. The van der Waals surface area contributed by atoms with Crippen molar-refractivity contribution in [2.75, 3.05) is 0 Å². The van der Waals surface area contributed by atoms with E-state index in [9.17, 15) is 9.59 Å². The number of carbonyl (C=O) groups excluding carboxylic acids is 1. The number of rotatable bonds is 0. The van der Waals surface area contributed by atoms with Gasteiger partial charge in [0.2, 0.25) is 0 Å². The third-order valence-electron chi connectivity index (χ3n) is 2.06. The maximum atomic E-state index is 11.0. The Balaban J connectivity index is 2.41. The van der Waals surface area contributed by atoms with Gasteiger partial charge < -0.3 is 5.11 Å². The van der Waals surface area contributed by atoms with Crippen molar-refractivity contribution in [2.45, 2.75) is 11.8 Å². The Morgan fingerprint density at radius 2 is 2.55 bits per heavy atom. The molecule has 1 unspecified atom stereocenters. The predicted octanol–water partition coefficient (Wildman–Crippen LogP) is 0.956. The van der Waals surface area contributed by atoms with Crippen molar-refractivity contribution in [3.05, 3.63) is 11.6 Å². The highest BCUT2D eigenvalue weighted by atomic mass is 32.2. The zero-order valence-electron chi connectivity index (χ0n) is 5.56. The van der Waals surface area contributed by atoms with Gasteiger partial charge >= 0.3 is 12.0 Å². The summed E-state index contributed by atoms with van der Waals surface area (Å²) < 4.78 is -0.481. The van der Waals surface area contributed by atoms with Crippen molar-refractivity contribution in [3.8, 4) is 0 Å². The number of carbonyl (C=O) groups is 2. The molecule has 2 atom stereocenters. The molecule has 0 aromatic heterocycles. The molecule has 2 heterocycles. The van der Waals surface area contributed by atoms with E-state index in [1.54, 1.807) is 5.41 Å². The first-order chi connectivity index (χ1) is 5.18. The summed E-state index contributed by atoms with van der Waals surface area (Å²) >= 11 is 1.41. The highest BCUT2D eigenvalue weighted by molar-refractivity contribution is 8.02. The maximum absolute atomic E-state index is 11.0. The Hall–Kier alpha value is -0.810. The minimum Gasteiger partial charge on any atom is -0.435 e. The zero-order valence-corrected chi connectivity index (χ0v) is 6.37. The molecule has 2 rings (SSSR count). The number of β-lactam (4-membered cyclic amide) rings is 1. The highest BCUT2D eigenvalue weighted by Crippen LogP contribution is 2.44. The van der Waals surface area contributed by atoms with Crippen LogP contribution in [0.5, 0.6) is 0 Å². The molecule has 2 aliphatic rings. The molecule has 0 saturated carbocycles. The van der Waals surface area contributed by atoms with Crippen LogP contribution in [-0.4, -0.2) is 27.0 Å². The largest absolute Gasteiger partial charge is 0.526 e. The SMILES string of the molecule is O=C(O)[N+]12C=CS[C@H]1CC2=O. The molecule has 0 bridgehead atoms. The van der Waals surface area contributed by atoms with Crippen molar-refractivity contribution in [3.63, 3.8) is 0 Å². The van der Waals surface area contributed by atoms with Crippen LogP contribution < -0.4 is 0 Å². The minimum absolute atomic E-state index is 0.0972. The van der Waals surface area contributed by atoms with Crippen LogP contribution in [0, 0.1) is 0 Å². The molecule has 0 aromatic carbocycles. The fourth-order valence-corrected chi connectivity index (χ4v) is 2.48. The molecule has 2 amide bonds. The lowest BCUT2D eigenvalue weighted by Crippen LogP contribution is -2.65. The number of amides is 2. The zero-order chi connectivity index (χ0) is 8.06. The molecule has 5 heteroatoms. The number of hydrogen-bond acceptors (Lipinski definition) is 3. The standard InChI is InChI=1S/C6H5NO3S/c8-4-3-5-7(4,6(9)10)1-2-11-5/h1-2,5H,3H2/p+1/t5-,7?/m0/s1. The third kappa shape index (κ3) is 0.598. The van der Waals surface area contributed by atoms with Gasteiger partial charge in [-0.25, -0.2) is 4.79 Å². The Labute approximate surface area is 67.1 Å². The number of carboxylic acid groups (broad SMARTS) is 1. The second-order valence-corrected chi connectivity index (χ2v) is 3.62. The third-order valence-corrected chi connectivity index (χ3v) is 3.16. The summed E-state index contributed by atoms with van der Waals surface area (Å²) in [7, 11) is 0. The lowest BCUT2D eigenvalue weighted by molar-refractivity contribution is -0.766. The van der Waals surface area contributed by atoms with Crippen LogP contribution >= 0.6 is 11.8 Å². The van der Waals surface area contributed by atoms with Crippen LogP contribution in [0.25, 0.3) is 0 Å². The molecule has 0 radical (unpaired) electrons. The van der Waals surface area contributed by atoms with Gasteiger partial charge in [0, 0.05) is 5.41 Å². The van der Waals surface area contributed by atoms with Crippen LogP contribution in [0.4, 0.5) is 4.79 Å². The van der Waals surface area contributed by atoms with Crippen molar-refractivity contribution in [1.82, 2.24) is 0 Å². The topological polar surface area (TPSA) is 54.4 Å². The van der Waals surface area contributed by atoms with E-state index in [4.69, 9.17) is 5.11 Å². The predicted molar refractivity (Wildman–Crippen MR) is 38.4 cm³/mol. The van der Waals surface area contributed by atoms with Crippen molar-refractivity contribution >= 4 is 23.8 Å². The normalized spacial score (nSPS) is 40.0. The summed E-state index contributed by atoms with van der Waals surface area (Å²) in [4.78, 5) is 21.7. The van der Waals surface area contributed by atoms with E-state index >= 15 is 0 Å². The van der Waals surface area contributed by atoms with Crippen molar-refractivity contribution in [1.29, 1.82) is 0 Å². The van der Waals surface area contributed by atoms with Crippen molar-refractivity contribution in [2.24, 2.45) is 0 Å². The second-order valence-electron chi connectivity index (χ2n) is 2.53. The Kier molecular flexibility index (Phi) is 1.16. The van der Waals surface area contributed by atoms with Gasteiger partial charge in [0.1, 0.15) is 12.6 Å². The average Bonchev–Trinajstić information content (AvgIpc) is 2.26. The molecule has 0 spiro atoms. The van der Waals surface area contributed by atoms with Gasteiger partial charge in [-0.1, -0.05) is 11.8 Å². The van der Waals surface area contributed by atoms with Crippen LogP contribution in [0.15, 0.2) is 11.6 Å². The van der Waals surface area contributed by atoms with Gasteiger partial charge in [0.25, 0.3) is 0 Å². The Morgan fingerprint density at radius 1 is 1.82 bits per heavy atom. The van der Waals surface area contributed by atoms with E-state index in [1.807, 2.05) is 0 Å². The molecular formula is C6H6NO3S+. The van der Waals surface area contributed by atoms with E-state index in [0.717, 1.165) is 0 Å². The molecular weight excluding hydrogens is 166 g/mol. The van der Waals surface area contributed by atoms with Gasteiger partial charge in [-0.15, -0.1) is 4.48 Å². The number of hydrogen-bond donors (Lipinski definition) is 1. The van der Waals surface area contributed by atoms with Crippen LogP contribution in [0.1, 0.15) is 6.42 Å². The second kappa shape index (κ2) is 1.86. The quantitative estimate of drug-likeness (QED) is 0.436. The van der Waals surface area contributed by atoms with Gasteiger partial charge in [0.05, 0.1) is 0 Å². The van der Waals surface area contributed by atoms with E-state index < -0.39 is 10.6 Å². The number of thioether (sulfide) groups is 1. The summed E-state index contributed by atoms with van der Waals surface area (Å²) in [6.07, 6.45) is 0.764. The Bertz CT molecular complexity index is 265. The smallest absolute Gasteiger partial charge is 0.435 e. The summed E-state index contributed by atoms with van der Waals surface area (Å²) in [5, 5.41) is 10.3. The number of fused-ring (bicyclic) bond motifs is 1. The van der Waals surface area contributed by atoms with E-state index in [0.29, 0.717) is 6.42 Å². The molecule has 0 aromatic rings. The highest BCUT2D eigenvalue weighted by Gasteiger charge is 2.63. The molecule has 4 nitrogen and oxygen atoms in total. The summed E-state index contributed by atoms with van der Waals surface area (Å²) in [6, 6.07) is 0. The first-order valence-electron chi connectivity index (χ1n) is 3.16. The Morgan fingerprint density at radius 3 is 2.91 bits per heavy atom. The summed E-state index contributed by atoms with van der Waals surface area (Å²) in [5.41, 5.74) is 0. The molecule has 0 aliphatic carbocycles. The molecule has 1 N–H and O–H groups in total. The summed E-state index contributed by atoms with van der Waals surface area (Å²) in [6.45, 7) is 0. The maximum Gasteiger partial charge on any atom is 0.526 e. The molecule has 1 fully saturated rings. The van der Waals surface area contributed by atoms with Crippen LogP contribution in [0.3, 0.4) is 0 Å². The molecule has 2 aliphatic heterocycles. The monoisotopic (exact) mass is 172 g/mol. The first kappa shape index (κ1) is 6.87. The fraction of sp³-hybridized carbons (Fsp3) is 0.333. The molecule has 58 valence electrons. The fourth-order valence-electron chi connectivity index (χ4n) is 1.33. The van der Waals surface area contributed by atoms with Crippen LogP contribution in [-0.2, 0) is 4.79 Å². The van der Waals surface area contributed by atoms with E-state index in [1.165, 1.54) is 18.0 Å².